The topological polar surface area (TPSA) is 84.4 Å². The van der Waals surface area contributed by atoms with Crippen molar-refractivity contribution in [1.29, 1.82) is 0 Å². The molecule has 0 radical (unpaired) electrons. The van der Waals surface area contributed by atoms with E-state index < -0.39 is 10.0 Å². The van der Waals surface area contributed by atoms with Crippen LogP contribution < -0.4 is 5.32 Å². The lowest BCUT2D eigenvalue weighted by Gasteiger charge is -2.26. The van der Waals surface area contributed by atoms with Gasteiger partial charge in [-0.1, -0.05) is 36.4 Å². The summed E-state index contributed by atoms with van der Waals surface area (Å²) in [6.07, 6.45) is 1.54. The Balaban J connectivity index is 0.00000259. The summed E-state index contributed by atoms with van der Waals surface area (Å²) in [6, 6.07) is 22.8. The van der Waals surface area contributed by atoms with Crippen LogP contribution in [0.3, 0.4) is 0 Å². The van der Waals surface area contributed by atoms with E-state index in [0.717, 1.165) is 33.5 Å². The molecule has 1 saturated heterocycles. The number of nitrogens with one attached hydrogen (secondary N) is 1. The van der Waals surface area contributed by atoms with Crippen LogP contribution >= 0.6 is 12.4 Å². The van der Waals surface area contributed by atoms with Gasteiger partial charge in [-0.3, -0.25) is 0 Å². The summed E-state index contributed by atoms with van der Waals surface area (Å²) in [5, 5.41) is 4.23. The molecule has 0 amide bonds. The lowest BCUT2D eigenvalue weighted by Crippen LogP contribution is -2.40. The zero-order valence-corrected chi connectivity index (χ0v) is 19.3. The molecule has 1 N–H and O–H groups in total. The third kappa shape index (κ3) is 4.84. The summed E-state index contributed by atoms with van der Waals surface area (Å²) in [4.78, 5) is 9.08. The Hall–Kier alpha value is -3.04. The van der Waals surface area contributed by atoms with Crippen LogP contribution in [0.1, 0.15) is 0 Å². The normalized spacial score (nSPS) is 14.5. The van der Waals surface area contributed by atoms with Crippen molar-refractivity contribution in [3.05, 3.63) is 79.1 Å². The van der Waals surface area contributed by atoms with Crippen LogP contribution in [0, 0.1) is 0 Å². The van der Waals surface area contributed by atoms with Gasteiger partial charge in [0.2, 0.25) is 10.0 Å². The minimum absolute atomic E-state index is 0. The fourth-order valence-electron chi connectivity index (χ4n) is 3.75. The van der Waals surface area contributed by atoms with E-state index in [9.17, 15) is 8.42 Å². The zero-order valence-electron chi connectivity index (χ0n) is 17.7. The third-order valence-electron chi connectivity index (χ3n) is 5.47. The first kappa shape index (κ1) is 23.1. The summed E-state index contributed by atoms with van der Waals surface area (Å²) < 4.78 is 32.5. The first-order valence-electron chi connectivity index (χ1n) is 10.4. The monoisotopic (exact) mass is 482 g/mol. The molecular formula is C24H23ClN4O3S. The van der Waals surface area contributed by atoms with Crippen LogP contribution in [0.4, 0.5) is 11.5 Å². The molecule has 9 heteroatoms. The molecule has 0 aliphatic carbocycles. The van der Waals surface area contributed by atoms with Crippen molar-refractivity contribution < 1.29 is 13.2 Å². The van der Waals surface area contributed by atoms with Gasteiger partial charge in [-0.25, -0.2) is 18.4 Å². The lowest BCUT2D eigenvalue weighted by molar-refractivity contribution is 0.0730. The summed E-state index contributed by atoms with van der Waals surface area (Å²) in [5.41, 5.74) is 3.64. The molecule has 1 aliphatic rings. The van der Waals surface area contributed by atoms with Gasteiger partial charge in [0.25, 0.3) is 0 Å². The van der Waals surface area contributed by atoms with Crippen molar-refractivity contribution in [2.75, 3.05) is 31.6 Å². The number of anilines is 2. The van der Waals surface area contributed by atoms with Gasteiger partial charge in [-0.15, -0.1) is 12.4 Å². The van der Waals surface area contributed by atoms with Crippen molar-refractivity contribution in [3.63, 3.8) is 0 Å². The Morgan fingerprint density at radius 2 is 1.55 bits per heavy atom. The van der Waals surface area contributed by atoms with E-state index in [4.69, 9.17) is 4.74 Å². The van der Waals surface area contributed by atoms with Gasteiger partial charge in [0.15, 0.2) is 0 Å². The maximum absolute atomic E-state index is 12.9. The Labute approximate surface area is 198 Å². The molecule has 0 saturated carbocycles. The van der Waals surface area contributed by atoms with Crippen LogP contribution in [0.5, 0.6) is 0 Å². The van der Waals surface area contributed by atoms with Gasteiger partial charge in [0.1, 0.15) is 12.1 Å². The summed E-state index contributed by atoms with van der Waals surface area (Å²) >= 11 is 0. The van der Waals surface area contributed by atoms with Crippen molar-refractivity contribution in [2.24, 2.45) is 0 Å². The molecule has 0 spiro atoms. The zero-order chi connectivity index (χ0) is 22.0. The van der Waals surface area contributed by atoms with Gasteiger partial charge < -0.3 is 10.1 Å². The van der Waals surface area contributed by atoms with Crippen LogP contribution in [0.25, 0.3) is 22.0 Å². The van der Waals surface area contributed by atoms with Crippen molar-refractivity contribution in [1.82, 2.24) is 14.3 Å². The molecule has 7 nitrogen and oxygen atoms in total. The van der Waals surface area contributed by atoms with Gasteiger partial charge >= 0.3 is 0 Å². The fourth-order valence-corrected chi connectivity index (χ4v) is 5.16. The Morgan fingerprint density at radius 3 is 2.27 bits per heavy atom. The number of para-hydroxylation sites is 1. The predicted octanol–water partition coefficient (Wildman–Crippen LogP) is 4.48. The van der Waals surface area contributed by atoms with Crippen molar-refractivity contribution >= 4 is 44.8 Å². The SMILES string of the molecule is Cl.O=S(=O)(c1ccc(-c2ccc3ncnc(Nc4ccccc4)c3c2)cc1)N1CCOCC1. The Bertz CT molecular complexity index is 1340. The maximum Gasteiger partial charge on any atom is 0.243 e. The second-order valence-electron chi connectivity index (χ2n) is 7.49. The highest BCUT2D eigenvalue weighted by atomic mass is 35.5. The number of halogens is 1. The Morgan fingerprint density at radius 1 is 0.848 bits per heavy atom. The fraction of sp³-hybridized carbons (Fsp3) is 0.167. The third-order valence-corrected chi connectivity index (χ3v) is 7.38. The van der Waals surface area contributed by atoms with Gasteiger partial charge in [-0.05, 0) is 47.5 Å². The van der Waals surface area contributed by atoms with E-state index in [1.807, 2.05) is 60.7 Å². The van der Waals surface area contributed by atoms with Crippen LogP contribution in [0.15, 0.2) is 84.0 Å². The summed E-state index contributed by atoms with van der Waals surface area (Å²) in [5.74, 6) is 0.717. The molecule has 1 aliphatic heterocycles. The van der Waals surface area contributed by atoms with Crippen LogP contribution in [0.2, 0.25) is 0 Å². The number of hydrogen-bond acceptors (Lipinski definition) is 6. The standard InChI is InChI=1S/C24H22N4O3S.ClH/c29-32(30,28-12-14-31-15-13-28)21-9-6-18(7-10-21)19-8-11-23-22(16-19)24(26-17-25-23)27-20-4-2-1-3-5-20;/h1-11,16-17H,12-15H2,(H,25,26,27);1H. The van der Waals surface area contributed by atoms with E-state index in [1.165, 1.54) is 4.31 Å². The predicted molar refractivity (Wildman–Crippen MR) is 132 cm³/mol. The first-order chi connectivity index (χ1) is 15.6. The molecule has 1 fully saturated rings. The maximum atomic E-state index is 12.9. The Kier molecular flexibility index (Phi) is 6.90. The number of fused-ring (bicyclic) bond motifs is 1. The molecule has 1 aromatic heterocycles. The molecular weight excluding hydrogens is 460 g/mol. The van der Waals surface area contributed by atoms with Gasteiger partial charge in [0, 0.05) is 24.2 Å². The number of morpholine rings is 1. The number of rotatable bonds is 5. The molecule has 0 atom stereocenters. The first-order valence-corrected chi connectivity index (χ1v) is 11.8. The van der Waals surface area contributed by atoms with Crippen molar-refractivity contribution in [2.45, 2.75) is 4.90 Å². The second kappa shape index (κ2) is 9.84. The average Bonchev–Trinajstić information content (AvgIpc) is 2.85. The smallest absolute Gasteiger partial charge is 0.243 e. The molecule has 170 valence electrons. The molecule has 33 heavy (non-hydrogen) atoms. The van der Waals surface area contributed by atoms with E-state index in [-0.39, 0.29) is 12.4 Å². The van der Waals surface area contributed by atoms with E-state index >= 15 is 0 Å². The highest BCUT2D eigenvalue weighted by Gasteiger charge is 2.26. The summed E-state index contributed by atoms with van der Waals surface area (Å²) in [7, 11) is -3.51. The highest BCUT2D eigenvalue weighted by Crippen LogP contribution is 2.29. The number of ether oxygens (including phenoxy) is 1. The second-order valence-corrected chi connectivity index (χ2v) is 9.42. The number of hydrogen-bond donors (Lipinski definition) is 1. The van der Waals surface area contributed by atoms with Crippen molar-refractivity contribution in [3.8, 4) is 11.1 Å². The van der Waals surface area contributed by atoms with E-state index in [2.05, 4.69) is 15.3 Å². The van der Waals surface area contributed by atoms with Crippen LogP contribution in [-0.2, 0) is 14.8 Å². The highest BCUT2D eigenvalue weighted by molar-refractivity contribution is 7.89. The quantitative estimate of drug-likeness (QED) is 0.451. The van der Waals surface area contributed by atoms with Gasteiger partial charge in [0.05, 0.1) is 23.6 Å². The summed E-state index contributed by atoms with van der Waals surface area (Å²) in [6.45, 7) is 1.61. The number of benzene rings is 3. The molecule has 3 aromatic carbocycles. The largest absolute Gasteiger partial charge is 0.379 e. The van der Waals surface area contributed by atoms with Crippen LogP contribution in [-0.4, -0.2) is 49.0 Å². The molecule has 2 heterocycles. The molecule has 4 aromatic rings. The molecule has 5 rings (SSSR count). The van der Waals surface area contributed by atoms with Gasteiger partial charge in [-0.2, -0.15) is 4.31 Å². The minimum atomic E-state index is -3.51. The lowest BCUT2D eigenvalue weighted by atomic mass is 10.0. The minimum Gasteiger partial charge on any atom is -0.379 e. The molecule has 0 bridgehead atoms. The van der Waals surface area contributed by atoms with E-state index in [1.54, 1.807) is 18.5 Å². The van der Waals surface area contributed by atoms with E-state index in [0.29, 0.717) is 31.2 Å². The number of nitrogens with zero attached hydrogens (tertiary/aromatic N) is 3. The number of aromatic nitrogens is 2. The number of sulfonamides is 1. The molecule has 0 unspecified atom stereocenters. The average molecular weight is 483 g/mol.